The molecule has 0 radical (unpaired) electrons. The summed E-state index contributed by atoms with van der Waals surface area (Å²) in [6.07, 6.45) is 16.7. The van der Waals surface area contributed by atoms with E-state index >= 15 is 0 Å². The van der Waals surface area contributed by atoms with Gasteiger partial charge in [-0.2, -0.15) is 0 Å². The molecule has 4 N–H and O–H groups in total. The van der Waals surface area contributed by atoms with Crippen LogP contribution in [0.15, 0.2) is 12.2 Å². The maximum atomic E-state index is 12.7. The van der Waals surface area contributed by atoms with Crippen LogP contribution >= 0.6 is 0 Å². The molecule has 85 heavy (non-hydrogen) atoms. The van der Waals surface area contributed by atoms with Crippen LogP contribution in [0.4, 0.5) is 9.59 Å². The van der Waals surface area contributed by atoms with Crippen LogP contribution in [0.25, 0.3) is 0 Å². The number of hydrogen-bond donors (Lipinski definition) is 4. The Morgan fingerprint density at radius 3 is 1.59 bits per heavy atom. The number of alkyl carbamates (subject to hydrolysis) is 2. The lowest BCUT2D eigenvalue weighted by Gasteiger charge is -2.64. The molecule has 10 saturated carbocycles. The van der Waals surface area contributed by atoms with E-state index in [1.165, 1.54) is 64.2 Å². The van der Waals surface area contributed by atoms with Crippen LogP contribution in [0.1, 0.15) is 234 Å². The average Bonchev–Trinajstić information content (AvgIpc) is 1.47. The zero-order chi connectivity index (χ0) is 62.0. The highest BCUT2D eigenvalue weighted by Crippen LogP contribution is 2.91. The number of carbonyl (C=O) groups is 2. The molecule has 2 aliphatic heterocycles. The van der Waals surface area contributed by atoms with Crippen molar-refractivity contribution in [1.82, 2.24) is 10.6 Å². The molecule has 0 aromatic rings. The van der Waals surface area contributed by atoms with Crippen molar-refractivity contribution in [2.24, 2.45) is 113 Å². The molecular weight excluding hydrogens is 1080 g/mol. The monoisotopic (exact) mass is 1200 g/mol. The molecule has 4 spiro atoms. The van der Waals surface area contributed by atoms with E-state index in [4.69, 9.17) is 23.4 Å². The first-order valence-corrected chi connectivity index (χ1v) is 38.2. The normalized spacial score (nSPS) is 50.6. The van der Waals surface area contributed by atoms with Gasteiger partial charge >= 0.3 is 12.2 Å². The lowest BCUT2D eigenvalue weighted by Crippen LogP contribution is -2.60. The molecular formula is C73H124N2O9Si. The molecule has 0 aromatic carbocycles. The molecule has 2 saturated heterocycles. The van der Waals surface area contributed by atoms with Gasteiger partial charge in [0.2, 0.25) is 0 Å². The highest BCUT2D eigenvalue weighted by molar-refractivity contribution is 6.73. The van der Waals surface area contributed by atoms with Crippen LogP contribution in [-0.4, -0.2) is 98.7 Å². The number of aliphatic hydroxyl groups is 2. The zero-order valence-electron chi connectivity index (χ0n) is 57.3. The summed E-state index contributed by atoms with van der Waals surface area (Å²) in [6, 6.07) is 3.47. The molecule has 0 bridgehead atoms. The maximum absolute atomic E-state index is 12.7. The molecule has 484 valence electrons. The van der Waals surface area contributed by atoms with E-state index in [0.717, 1.165) is 74.1 Å². The van der Waals surface area contributed by atoms with E-state index in [1.807, 2.05) is 20.8 Å². The number of rotatable bonds is 13. The summed E-state index contributed by atoms with van der Waals surface area (Å²) in [5.74, 6) is 5.14. The Bertz CT molecular complexity index is 2530. The van der Waals surface area contributed by atoms with Crippen molar-refractivity contribution in [1.29, 1.82) is 0 Å². The van der Waals surface area contributed by atoms with Gasteiger partial charge in [0.05, 0.1) is 42.7 Å². The fourth-order valence-electron chi connectivity index (χ4n) is 26.4. The van der Waals surface area contributed by atoms with Crippen LogP contribution in [0.2, 0.25) is 18.1 Å². The van der Waals surface area contributed by atoms with Gasteiger partial charge in [0.15, 0.2) is 14.4 Å². The minimum absolute atomic E-state index is 0.0188. The molecule has 0 unspecified atom stereocenters. The quantitative estimate of drug-likeness (QED) is 0.105. The molecule has 26 atom stereocenters. The average molecular weight is 1200 g/mol. The largest absolute Gasteiger partial charge is 0.443 e. The standard InChI is InChI=1S/C40H69NO4Si.C33H55NO5/c1-13-41-35(42)44-32(25(5)6)28-23-26(7)31-33(43-28)34(45-46(14-2,15-3)16-4)38(12)30-18-17-29-36(9,10)27(8)19-20-39(29)24-40(30,39)22-21-37(31,38)11;1-9-34-28(37)39-25(18(2)3)20-16-19(4)24-26(38-20)27(36)31(8)22-11-10-21-29(5,6)23(35)12-13-32(21)17-33(22,32)15-14-30(24,31)7/h26-34H,5,13-24H2,1-4,6-12H3,(H,41,42);18-27,35-36H,9-17H2,1-8H3,(H,34,37)/t26-,27+,28-,29+,30+,31+,32-,33+,34+,37-,38-,39-,40+;19-,20-,21+,22+,23+,24+,25-,26+,27+,30-,31-,32-,33+/m11/s1. The van der Waals surface area contributed by atoms with Gasteiger partial charge in [0.1, 0.15) is 6.10 Å². The first kappa shape index (κ1) is 64.8. The third kappa shape index (κ3) is 8.75. The van der Waals surface area contributed by atoms with Gasteiger partial charge in [-0.3, -0.25) is 0 Å². The summed E-state index contributed by atoms with van der Waals surface area (Å²) < 4.78 is 34.2. The third-order valence-corrected chi connectivity index (χ3v) is 36.0. The zero-order valence-corrected chi connectivity index (χ0v) is 58.3. The van der Waals surface area contributed by atoms with E-state index in [2.05, 4.69) is 128 Å². The molecule has 11 nitrogen and oxygen atoms in total. The highest BCUT2D eigenvalue weighted by atomic mass is 28.4. The molecule has 10 aliphatic carbocycles. The second-order valence-electron chi connectivity index (χ2n) is 34.7. The third-order valence-electron chi connectivity index (χ3n) is 31.4. The number of nitrogens with one attached hydrogen (secondary N) is 2. The van der Waals surface area contributed by atoms with Crippen molar-refractivity contribution in [3.8, 4) is 0 Å². The molecule has 12 heteroatoms. The Hall–Kier alpha value is -1.70. The van der Waals surface area contributed by atoms with Gasteiger partial charge in [0.25, 0.3) is 0 Å². The lowest BCUT2D eigenvalue weighted by atomic mass is 9.41. The second kappa shape index (κ2) is 21.7. The Kier molecular flexibility index (Phi) is 16.6. The molecule has 2 heterocycles. The fraction of sp³-hybridized carbons (Fsp3) is 0.945. The summed E-state index contributed by atoms with van der Waals surface area (Å²) in [6.45, 7) is 50.0. The maximum Gasteiger partial charge on any atom is 0.407 e. The Morgan fingerprint density at radius 2 is 1.06 bits per heavy atom. The van der Waals surface area contributed by atoms with E-state index in [0.29, 0.717) is 81.6 Å². The Morgan fingerprint density at radius 1 is 0.600 bits per heavy atom. The van der Waals surface area contributed by atoms with Crippen molar-refractivity contribution < 1.29 is 43.2 Å². The number of ether oxygens (including phenoxy) is 4. The second-order valence-corrected chi connectivity index (χ2v) is 39.4. The molecule has 2 amide bonds. The van der Waals surface area contributed by atoms with Crippen LogP contribution in [0.5, 0.6) is 0 Å². The number of aliphatic hydroxyl groups excluding tert-OH is 2. The van der Waals surface area contributed by atoms with Crippen molar-refractivity contribution in [2.45, 2.75) is 307 Å². The summed E-state index contributed by atoms with van der Waals surface area (Å²) >= 11 is 0. The highest BCUT2D eigenvalue weighted by Gasteiger charge is 2.87. The number of hydrogen-bond acceptors (Lipinski definition) is 9. The minimum atomic E-state index is -1.97. The summed E-state index contributed by atoms with van der Waals surface area (Å²) in [5, 5.41) is 29.0. The molecule has 0 aromatic heterocycles. The fourth-order valence-corrected chi connectivity index (χ4v) is 29.3. The molecule has 12 rings (SSSR count). The lowest BCUT2D eigenvalue weighted by molar-refractivity contribution is -0.184. The van der Waals surface area contributed by atoms with Gasteiger partial charge < -0.3 is 44.2 Å². The Labute approximate surface area is 517 Å². The van der Waals surface area contributed by atoms with Crippen LogP contribution in [-0.2, 0) is 23.4 Å². The van der Waals surface area contributed by atoms with Crippen molar-refractivity contribution in [2.75, 3.05) is 13.1 Å². The summed E-state index contributed by atoms with van der Waals surface area (Å²) in [7, 11) is -1.97. The van der Waals surface area contributed by atoms with Crippen LogP contribution in [0.3, 0.4) is 0 Å². The molecule has 12 fully saturated rings. The SMILES string of the molecule is C=C(C)[C@@H](OC(=O)NCC)[C@H]1C[C@@H](C)[C@H]2[C@H](O1)[C@H](O[Si](CC)(CC)CC)[C@@]1(C)[C@@H]3CC[C@H]4C(C)(C)[C@@H](C)CC[C@@]45C[C@@]35CC[C@]21C.CCNC(=O)O[C@H](C(C)C)[C@H]1C[C@@H](C)[C@H]2[C@H](O1)[C@H](O)[C@@]1(C)[C@@H]3CC[C@H]4C(C)(C)[C@@H](O)CC[C@@]45C[C@@]35CC[C@]21C. The van der Waals surface area contributed by atoms with Gasteiger partial charge in [0, 0.05) is 23.9 Å². The topological polar surface area (TPSA) is 145 Å². The molecule has 12 aliphatic rings. The van der Waals surface area contributed by atoms with Crippen molar-refractivity contribution in [3.63, 3.8) is 0 Å². The predicted octanol–water partition coefficient (Wildman–Crippen LogP) is 16.1. The van der Waals surface area contributed by atoms with Crippen LogP contribution in [0, 0.1) is 113 Å². The van der Waals surface area contributed by atoms with Crippen molar-refractivity contribution >= 4 is 20.5 Å². The minimum Gasteiger partial charge on any atom is -0.443 e. The van der Waals surface area contributed by atoms with E-state index < -0.39 is 20.5 Å². The van der Waals surface area contributed by atoms with E-state index in [9.17, 15) is 19.8 Å². The van der Waals surface area contributed by atoms with Crippen molar-refractivity contribution in [3.05, 3.63) is 12.2 Å². The van der Waals surface area contributed by atoms with Gasteiger partial charge in [-0.25, -0.2) is 9.59 Å². The predicted molar refractivity (Wildman–Crippen MR) is 341 cm³/mol. The number of amides is 2. The summed E-state index contributed by atoms with van der Waals surface area (Å²) in [4.78, 5) is 25.1. The van der Waals surface area contributed by atoms with Gasteiger partial charge in [-0.05, 0) is 250 Å². The van der Waals surface area contributed by atoms with E-state index in [-0.39, 0.29) is 87.9 Å². The van der Waals surface area contributed by atoms with Gasteiger partial charge in [-0.1, -0.05) is 117 Å². The number of carbonyl (C=O) groups excluding carboxylic acids is 2. The number of fused-ring (bicyclic) bond motifs is 8. The summed E-state index contributed by atoms with van der Waals surface area (Å²) in [5.41, 5.74) is 2.94. The van der Waals surface area contributed by atoms with E-state index in [1.54, 1.807) is 0 Å². The Balaban J connectivity index is 0.000000179. The smallest absolute Gasteiger partial charge is 0.407 e. The van der Waals surface area contributed by atoms with Gasteiger partial charge in [-0.15, -0.1) is 0 Å². The van der Waals surface area contributed by atoms with Crippen LogP contribution < -0.4 is 10.6 Å². The first-order chi connectivity index (χ1) is 39.8. The first-order valence-electron chi connectivity index (χ1n) is 35.7.